The number of nitrogens with one attached hydrogen (secondary N) is 1. The molecule has 0 bridgehead atoms. The summed E-state index contributed by atoms with van der Waals surface area (Å²) in [6.07, 6.45) is 0. The third-order valence-electron chi connectivity index (χ3n) is 3.16. The number of hydrogen-bond acceptors (Lipinski definition) is 2. The molecular weight excluding hydrogens is 250 g/mol. The second kappa shape index (κ2) is 5.47. The monoisotopic (exact) mass is 269 g/mol. The van der Waals surface area contributed by atoms with E-state index in [1.54, 1.807) is 38.1 Å². The summed E-state index contributed by atoms with van der Waals surface area (Å²) in [5.41, 5.74) is 2.40. The zero-order valence-corrected chi connectivity index (χ0v) is 12.0. The zero-order chi connectivity index (χ0) is 14.8. The van der Waals surface area contributed by atoms with Crippen LogP contribution in [0.15, 0.2) is 48.5 Å². The highest BCUT2D eigenvalue weighted by Gasteiger charge is 2.15. The van der Waals surface area contributed by atoms with Gasteiger partial charge in [-0.15, -0.1) is 0 Å². The van der Waals surface area contributed by atoms with Crippen molar-refractivity contribution in [3.8, 4) is 0 Å². The van der Waals surface area contributed by atoms with Gasteiger partial charge in [-0.2, -0.15) is 0 Å². The Bertz CT molecular complexity index is 592. The Kier molecular flexibility index (Phi) is 3.91. The molecule has 2 aromatic carbocycles. The van der Waals surface area contributed by atoms with Crippen LogP contribution in [-0.2, 0) is 5.60 Å². The second-order valence-electron chi connectivity index (χ2n) is 5.46. The summed E-state index contributed by atoms with van der Waals surface area (Å²) in [6.45, 7) is 5.44. The molecule has 2 N–H and O–H groups in total. The maximum Gasteiger partial charge on any atom is 0.255 e. The van der Waals surface area contributed by atoms with Crippen molar-refractivity contribution in [1.82, 2.24) is 0 Å². The first kappa shape index (κ1) is 14.3. The van der Waals surface area contributed by atoms with Crippen LogP contribution >= 0.6 is 0 Å². The Morgan fingerprint density at radius 2 is 1.55 bits per heavy atom. The van der Waals surface area contributed by atoms with Gasteiger partial charge in [-0.1, -0.05) is 29.8 Å². The molecule has 0 fully saturated rings. The molecule has 0 saturated carbocycles. The van der Waals surface area contributed by atoms with E-state index in [9.17, 15) is 9.90 Å². The van der Waals surface area contributed by atoms with Gasteiger partial charge in [-0.3, -0.25) is 4.79 Å². The van der Waals surface area contributed by atoms with Gasteiger partial charge in [0.2, 0.25) is 0 Å². The summed E-state index contributed by atoms with van der Waals surface area (Å²) in [4.78, 5) is 12.0. The minimum absolute atomic E-state index is 0.138. The summed E-state index contributed by atoms with van der Waals surface area (Å²) in [5.74, 6) is -0.138. The molecule has 20 heavy (non-hydrogen) atoms. The van der Waals surface area contributed by atoms with Crippen LogP contribution in [0.2, 0.25) is 0 Å². The van der Waals surface area contributed by atoms with Crippen LogP contribution in [-0.4, -0.2) is 11.0 Å². The Labute approximate surface area is 119 Å². The van der Waals surface area contributed by atoms with E-state index in [0.717, 1.165) is 11.1 Å². The molecule has 0 aliphatic carbocycles. The number of carbonyl (C=O) groups is 1. The number of amides is 1. The van der Waals surface area contributed by atoms with Crippen LogP contribution < -0.4 is 5.32 Å². The number of aryl methyl sites for hydroxylation is 1. The normalized spacial score (nSPS) is 11.2. The third kappa shape index (κ3) is 3.45. The topological polar surface area (TPSA) is 49.3 Å². The summed E-state index contributed by atoms with van der Waals surface area (Å²) < 4.78 is 0. The summed E-state index contributed by atoms with van der Waals surface area (Å²) in [7, 11) is 0. The van der Waals surface area contributed by atoms with Crippen molar-refractivity contribution in [1.29, 1.82) is 0 Å². The standard InChI is InChI=1S/C17H19NO2/c1-12-4-6-13(7-5-12)16(19)18-15-10-8-14(9-11-15)17(2,3)20/h4-11,20H,1-3H3,(H,18,19). The van der Waals surface area contributed by atoms with Gasteiger partial charge in [-0.05, 0) is 50.6 Å². The molecule has 2 aromatic rings. The van der Waals surface area contributed by atoms with Crippen LogP contribution in [0.5, 0.6) is 0 Å². The molecule has 0 aliphatic rings. The number of rotatable bonds is 3. The van der Waals surface area contributed by atoms with E-state index >= 15 is 0 Å². The van der Waals surface area contributed by atoms with E-state index in [4.69, 9.17) is 0 Å². The molecule has 1 amide bonds. The highest BCUT2D eigenvalue weighted by Crippen LogP contribution is 2.21. The average molecular weight is 269 g/mol. The second-order valence-corrected chi connectivity index (χ2v) is 5.46. The predicted octanol–water partition coefficient (Wildman–Crippen LogP) is 3.47. The van der Waals surface area contributed by atoms with Gasteiger partial charge in [0.25, 0.3) is 5.91 Å². The van der Waals surface area contributed by atoms with Crippen molar-refractivity contribution >= 4 is 11.6 Å². The fraction of sp³-hybridized carbons (Fsp3) is 0.235. The number of carbonyl (C=O) groups excluding carboxylic acids is 1. The third-order valence-corrected chi connectivity index (χ3v) is 3.16. The molecule has 0 aliphatic heterocycles. The predicted molar refractivity (Wildman–Crippen MR) is 80.8 cm³/mol. The molecule has 0 unspecified atom stereocenters. The van der Waals surface area contributed by atoms with Crippen molar-refractivity contribution in [2.75, 3.05) is 5.32 Å². The maximum absolute atomic E-state index is 12.0. The number of benzene rings is 2. The van der Waals surface area contributed by atoms with Crippen molar-refractivity contribution in [2.45, 2.75) is 26.4 Å². The van der Waals surface area contributed by atoms with Crippen molar-refractivity contribution in [2.24, 2.45) is 0 Å². The van der Waals surface area contributed by atoms with Crippen molar-refractivity contribution in [3.63, 3.8) is 0 Å². The van der Waals surface area contributed by atoms with Gasteiger partial charge in [0, 0.05) is 11.3 Å². The molecule has 3 nitrogen and oxygen atoms in total. The Hall–Kier alpha value is -2.13. The lowest BCUT2D eigenvalue weighted by atomic mass is 9.98. The van der Waals surface area contributed by atoms with Gasteiger partial charge >= 0.3 is 0 Å². The first-order valence-corrected chi connectivity index (χ1v) is 6.57. The van der Waals surface area contributed by atoms with Gasteiger partial charge in [0.05, 0.1) is 5.60 Å². The highest BCUT2D eigenvalue weighted by molar-refractivity contribution is 6.04. The van der Waals surface area contributed by atoms with Gasteiger partial charge < -0.3 is 10.4 Å². The van der Waals surface area contributed by atoms with Crippen LogP contribution in [0.4, 0.5) is 5.69 Å². The molecule has 0 spiro atoms. The minimum atomic E-state index is -0.876. The van der Waals surface area contributed by atoms with Gasteiger partial charge in [-0.25, -0.2) is 0 Å². The first-order chi connectivity index (χ1) is 9.36. The lowest BCUT2D eigenvalue weighted by Gasteiger charge is -2.18. The molecular formula is C17H19NO2. The fourth-order valence-corrected chi connectivity index (χ4v) is 1.87. The molecule has 0 radical (unpaired) electrons. The van der Waals surface area contributed by atoms with Crippen LogP contribution in [0, 0.1) is 6.92 Å². The lowest BCUT2D eigenvalue weighted by Crippen LogP contribution is -2.16. The molecule has 0 atom stereocenters. The zero-order valence-electron chi connectivity index (χ0n) is 12.0. The summed E-state index contributed by atoms with van der Waals surface area (Å²) >= 11 is 0. The number of aliphatic hydroxyl groups is 1. The van der Waals surface area contributed by atoms with E-state index in [1.165, 1.54) is 0 Å². The SMILES string of the molecule is Cc1ccc(C(=O)Nc2ccc(C(C)(C)O)cc2)cc1. The molecule has 0 heterocycles. The number of anilines is 1. The molecule has 3 heteroatoms. The molecule has 0 aromatic heterocycles. The summed E-state index contributed by atoms with van der Waals surface area (Å²) in [5, 5.41) is 12.7. The van der Waals surface area contributed by atoms with E-state index in [0.29, 0.717) is 11.3 Å². The Balaban J connectivity index is 2.10. The number of hydrogen-bond donors (Lipinski definition) is 2. The lowest BCUT2D eigenvalue weighted by molar-refractivity contribution is 0.0786. The Morgan fingerprint density at radius 1 is 1.00 bits per heavy atom. The maximum atomic E-state index is 12.0. The van der Waals surface area contributed by atoms with E-state index < -0.39 is 5.60 Å². The van der Waals surface area contributed by atoms with E-state index in [2.05, 4.69) is 5.32 Å². The van der Waals surface area contributed by atoms with Gasteiger partial charge in [0.15, 0.2) is 0 Å². The van der Waals surface area contributed by atoms with Gasteiger partial charge in [0.1, 0.15) is 0 Å². The highest BCUT2D eigenvalue weighted by atomic mass is 16.3. The smallest absolute Gasteiger partial charge is 0.255 e. The fourth-order valence-electron chi connectivity index (χ4n) is 1.87. The molecule has 2 rings (SSSR count). The Morgan fingerprint density at radius 3 is 2.05 bits per heavy atom. The van der Waals surface area contributed by atoms with E-state index in [1.807, 2.05) is 31.2 Å². The summed E-state index contributed by atoms with van der Waals surface area (Å²) in [6, 6.07) is 14.6. The largest absolute Gasteiger partial charge is 0.386 e. The molecule has 104 valence electrons. The van der Waals surface area contributed by atoms with Crippen LogP contribution in [0.25, 0.3) is 0 Å². The quantitative estimate of drug-likeness (QED) is 0.896. The minimum Gasteiger partial charge on any atom is -0.386 e. The average Bonchev–Trinajstić information content (AvgIpc) is 2.39. The van der Waals surface area contributed by atoms with E-state index in [-0.39, 0.29) is 5.91 Å². The van der Waals surface area contributed by atoms with Crippen LogP contribution in [0.1, 0.15) is 35.3 Å². The van der Waals surface area contributed by atoms with Crippen molar-refractivity contribution in [3.05, 3.63) is 65.2 Å². The van der Waals surface area contributed by atoms with Crippen LogP contribution in [0.3, 0.4) is 0 Å². The first-order valence-electron chi connectivity index (χ1n) is 6.57. The van der Waals surface area contributed by atoms with Crippen molar-refractivity contribution < 1.29 is 9.90 Å². The molecule has 0 saturated heterocycles.